The molecule has 2 N–H and O–H groups in total. The molecule has 0 aromatic rings. The molecule has 2 atom stereocenters. The lowest BCUT2D eigenvalue weighted by molar-refractivity contribution is -0.138. The summed E-state index contributed by atoms with van der Waals surface area (Å²) in [4.78, 5) is 10.8. The minimum atomic E-state index is -0.676. The van der Waals surface area contributed by atoms with Gasteiger partial charge in [0.2, 0.25) is 0 Å². The Hall–Kier alpha value is -0.220. The number of carboxylic acids is 1. The first-order chi connectivity index (χ1) is 8.11. The van der Waals surface area contributed by atoms with Crippen molar-refractivity contribution >= 4 is 17.7 Å². The molecule has 17 heavy (non-hydrogen) atoms. The average Bonchev–Trinajstić information content (AvgIpc) is 3.02. The predicted octanol–water partition coefficient (Wildman–Crippen LogP) is 2.67. The zero-order valence-electron chi connectivity index (χ0n) is 10.2. The van der Waals surface area contributed by atoms with Crippen LogP contribution in [0.25, 0.3) is 0 Å². The first kappa shape index (κ1) is 13.2. The minimum absolute atomic E-state index is 0.0581. The van der Waals surface area contributed by atoms with Crippen molar-refractivity contribution in [3.63, 3.8) is 0 Å². The number of hydrogen-bond acceptors (Lipinski definition) is 3. The summed E-state index contributed by atoms with van der Waals surface area (Å²) in [7, 11) is 0. The third-order valence-corrected chi connectivity index (χ3v) is 5.76. The van der Waals surface area contributed by atoms with Crippen LogP contribution in [-0.2, 0) is 4.79 Å². The molecule has 0 aromatic carbocycles. The van der Waals surface area contributed by atoms with Crippen LogP contribution in [0.5, 0.6) is 0 Å². The molecule has 2 fully saturated rings. The van der Waals surface area contributed by atoms with E-state index in [1.807, 2.05) is 11.8 Å². The molecule has 3 nitrogen and oxygen atoms in total. The molecule has 0 aromatic heterocycles. The van der Waals surface area contributed by atoms with E-state index in [2.05, 4.69) is 0 Å². The topological polar surface area (TPSA) is 57.5 Å². The van der Waals surface area contributed by atoms with Gasteiger partial charge in [0, 0.05) is 5.25 Å². The molecule has 0 saturated heterocycles. The van der Waals surface area contributed by atoms with Crippen LogP contribution < -0.4 is 0 Å². The van der Waals surface area contributed by atoms with Crippen molar-refractivity contribution in [2.75, 3.05) is 5.75 Å². The summed E-state index contributed by atoms with van der Waals surface area (Å²) >= 11 is 1.82. The van der Waals surface area contributed by atoms with Crippen molar-refractivity contribution in [1.82, 2.24) is 0 Å². The quantitative estimate of drug-likeness (QED) is 0.744. The molecule has 2 saturated carbocycles. The minimum Gasteiger partial charge on any atom is -0.481 e. The van der Waals surface area contributed by atoms with Gasteiger partial charge in [-0.15, -0.1) is 0 Å². The summed E-state index contributed by atoms with van der Waals surface area (Å²) in [6, 6.07) is 0. The fourth-order valence-corrected chi connectivity index (χ4v) is 4.25. The van der Waals surface area contributed by atoms with E-state index in [0.29, 0.717) is 11.7 Å². The molecule has 0 spiro atoms. The number of thioether (sulfide) groups is 1. The van der Waals surface area contributed by atoms with E-state index in [-0.39, 0.29) is 11.5 Å². The van der Waals surface area contributed by atoms with Crippen molar-refractivity contribution in [2.45, 2.75) is 62.7 Å². The molecule has 0 aliphatic heterocycles. The molecule has 0 bridgehead atoms. The van der Waals surface area contributed by atoms with Crippen molar-refractivity contribution in [1.29, 1.82) is 0 Å². The fraction of sp³-hybridized carbons (Fsp3) is 0.923. The zero-order chi connectivity index (χ0) is 12.3. The second-order valence-electron chi connectivity index (χ2n) is 5.63. The van der Waals surface area contributed by atoms with E-state index in [1.165, 1.54) is 12.8 Å². The number of hydrogen-bond donors (Lipinski definition) is 2. The monoisotopic (exact) mass is 258 g/mol. The van der Waals surface area contributed by atoms with Gasteiger partial charge in [-0.2, -0.15) is 11.8 Å². The summed E-state index contributed by atoms with van der Waals surface area (Å²) in [6.45, 7) is 0. The van der Waals surface area contributed by atoms with Gasteiger partial charge >= 0.3 is 5.97 Å². The van der Waals surface area contributed by atoms with E-state index < -0.39 is 5.97 Å². The molecule has 98 valence electrons. The number of rotatable bonds is 5. The fourth-order valence-electron chi connectivity index (χ4n) is 2.60. The number of aliphatic hydroxyl groups is 1. The molecular weight excluding hydrogens is 236 g/mol. The third kappa shape index (κ3) is 3.88. The van der Waals surface area contributed by atoms with Crippen LogP contribution in [-0.4, -0.2) is 33.3 Å². The lowest BCUT2D eigenvalue weighted by Gasteiger charge is -2.22. The van der Waals surface area contributed by atoms with Gasteiger partial charge in [-0.1, -0.05) is 19.3 Å². The normalized spacial score (nSPS) is 31.8. The Morgan fingerprint density at radius 2 is 1.94 bits per heavy atom. The van der Waals surface area contributed by atoms with E-state index in [4.69, 9.17) is 5.11 Å². The van der Waals surface area contributed by atoms with Crippen LogP contribution in [0.15, 0.2) is 0 Å². The van der Waals surface area contributed by atoms with Crippen LogP contribution in [0.2, 0.25) is 0 Å². The van der Waals surface area contributed by atoms with Gasteiger partial charge in [0.25, 0.3) is 0 Å². The standard InChI is InChI=1S/C13H22O3S/c14-10-4-2-1-3-5-11(10)17-9-13(6-7-13)8-12(15)16/h10-11,14H,1-9H2,(H,15,16). The maximum Gasteiger partial charge on any atom is 0.303 e. The molecule has 2 rings (SSSR count). The Labute approximate surface area is 107 Å². The Morgan fingerprint density at radius 1 is 1.24 bits per heavy atom. The Balaban J connectivity index is 1.78. The van der Waals surface area contributed by atoms with Crippen LogP contribution in [0.4, 0.5) is 0 Å². The van der Waals surface area contributed by atoms with Gasteiger partial charge in [-0.25, -0.2) is 0 Å². The molecular formula is C13H22O3S. The lowest BCUT2D eigenvalue weighted by Crippen LogP contribution is -2.23. The largest absolute Gasteiger partial charge is 0.481 e. The van der Waals surface area contributed by atoms with E-state index in [1.54, 1.807) is 0 Å². The summed E-state index contributed by atoms with van der Waals surface area (Å²) in [6.07, 6.45) is 7.82. The summed E-state index contributed by atoms with van der Waals surface area (Å²) in [5.41, 5.74) is 0.0581. The Kier molecular flexibility index (Phi) is 4.36. The van der Waals surface area contributed by atoms with Crippen LogP contribution in [0, 0.1) is 5.41 Å². The van der Waals surface area contributed by atoms with Crippen LogP contribution >= 0.6 is 11.8 Å². The highest BCUT2D eigenvalue weighted by atomic mass is 32.2. The Morgan fingerprint density at radius 3 is 2.59 bits per heavy atom. The van der Waals surface area contributed by atoms with Gasteiger partial charge in [0.05, 0.1) is 12.5 Å². The first-order valence-electron chi connectivity index (χ1n) is 6.63. The average molecular weight is 258 g/mol. The van der Waals surface area contributed by atoms with Crippen LogP contribution in [0.1, 0.15) is 51.4 Å². The Bertz CT molecular complexity index is 276. The first-order valence-corrected chi connectivity index (χ1v) is 7.68. The maximum atomic E-state index is 10.8. The third-order valence-electron chi connectivity index (χ3n) is 4.00. The molecule has 2 aliphatic carbocycles. The second-order valence-corrected chi connectivity index (χ2v) is 6.85. The molecule has 0 radical (unpaired) electrons. The molecule has 2 aliphatic rings. The van der Waals surface area contributed by atoms with Crippen LogP contribution in [0.3, 0.4) is 0 Å². The van der Waals surface area contributed by atoms with Crippen molar-refractivity contribution in [3.8, 4) is 0 Å². The van der Waals surface area contributed by atoms with Gasteiger partial charge in [-0.05, 0) is 36.9 Å². The number of aliphatic carboxylic acids is 1. The molecule has 0 amide bonds. The molecule has 2 unspecified atom stereocenters. The molecule has 4 heteroatoms. The van der Waals surface area contributed by atoms with Gasteiger partial charge < -0.3 is 10.2 Å². The van der Waals surface area contributed by atoms with E-state index in [0.717, 1.165) is 37.9 Å². The maximum absolute atomic E-state index is 10.8. The highest BCUT2D eigenvalue weighted by Crippen LogP contribution is 2.52. The van der Waals surface area contributed by atoms with Gasteiger partial charge in [0.15, 0.2) is 0 Å². The van der Waals surface area contributed by atoms with E-state index >= 15 is 0 Å². The smallest absolute Gasteiger partial charge is 0.303 e. The molecule has 0 heterocycles. The van der Waals surface area contributed by atoms with Crippen molar-refractivity contribution < 1.29 is 15.0 Å². The van der Waals surface area contributed by atoms with Crippen molar-refractivity contribution in [3.05, 3.63) is 0 Å². The van der Waals surface area contributed by atoms with Crippen molar-refractivity contribution in [2.24, 2.45) is 5.41 Å². The number of aliphatic hydroxyl groups excluding tert-OH is 1. The lowest BCUT2D eigenvalue weighted by atomic mass is 10.1. The number of carboxylic acid groups (broad SMARTS) is 1. The van der Waals surface area contributed by atoms with Gasteiger partial charge in [-0.3, -0.25) is 4.79 Å². The highest BCUT2D eigenvalue weighted by molar-refractivity contribution is 8.00. The summed E-state index contributed by atoms with van der Waals surface area (Å²) < 4.78 is 0. The summed E-state index contributed by atoms with van der Waals surface area (Å²) in [5.74, 6) is 0.241. The zero-order valence-corrected chi connectivity index (χ0v) is 11.0. The highest BCUT2D eigenvalue weighted by Gasteiger charge is 2.44. The summed E-state index contributed by atoms with van der Waals surface area (Å²) in [5, 5.41) is 19.2. The van der Waals surface area contributed by atoms with Gasteiger partial charge in [0.1, 0.15) is 0 Å². The van der Waals surface area contributed by atoms with E-state index in [9.17, 15) is 9.90 Å². The predicted molar refractivity (Wildman–Crippen MR) is 69.3 cm³/mol. The SMILES string of the molecule is O=C(O)CC1(CSC2CCCCCC2O)CC1. The second kappa shape index (κ2) is 5.61. The number of carbonyl (C=O) groups is 1.